The molecule has 0 saturated carbocycles. The Morgan fingerprint density at radius 3 is 2.61 bits per heavy atom. The number of carbonyl (C=O) groups excluding carboxylic acids is 1. The van der Waals surface area contributed by atoms with Crippen LogP contribution >= 0.6 is 11.6 Å². The van der Waals surface area contributed by atoms with E-state index < -0.39 is 23.5 Å². The molecule has 0 bridgehead atoms. The highest BCUT2D eigenvalue weighted by atomic mass is 35.5. The fraction of sp³-hybridized carbons (Fsp3) is 0. The summed E-state index contributed by atoms with van der Waals surface area (Å²) in [6, 6.07) is 7.10. The number of benzene rings is 2. The number of aromatic carboxylic acids is 1. The Morgan fingerprint density at radius 2 is 1.96 bits per heavy atom. The number of amides is 1. The number of hydrogen-bond donors (Lipinski definition) is 2. The molecule has 118 valence electrons. The molecule has 23 heavy (non-hydrogen) atoms. The van der Waals surface area contributed by atoms with Gasteiger partial charge in [0, 0.05) is 5.56 Å². The molecule has 2 aromatic rings. The lowest BCUT2D eigenvalue weighted by Gasteiger charge is -2.03. The number of carboxylic acids is 1. The number of hydrogen-bond acceptors (Lipinski definition) is 3. The largest absolute Gasteiger partial charge is 0.478 e. The second-order valence-corrected chi connectivity index (χ2v) is 4.75. The maximum absolute atomic E-state index is 13.6. The van der Waals surface area contributed by atoms with Crippen LogP contribution < -0.4 is 5.43 Å². The molecule has 2 rings (SSSR count). The Labute approximate surface area is 134 Å². The first-order chi connectivity index (χ1) is 10.9. The van der Waals surface area contributed by atoms with E-state index in [-0.39, 0.29) is 21.7 Å². The zero-order valence-electron chi connectivity index (χ0n) is 11.4. The van der Waals surface area contributed by atoms with Crippen LogP contribution in [0.4, 0.5) is 8.78 Å². The first-order valence-corrected chi connectivity index (χ1v) is 6.58. The van der Waals surface area contributed by atoms with Crippen molar-refractivity contribution in [3.63, 3.8) is 0 Å². The number of carboxylic acid groups (broad SMARTS) is 1. The van der Waals surface area contributed by atoms with Crippen molar-refractivity contribution < 1.29 is 23.5 Å². The summed E-state index contributed by atoms with van der Waals surface area (Å²) in [5.74, 6) is -3.84. The molecule has 0 saturated heterocycles. The first-order valence-electron chi connectivity index (χ1n) is 6.20. The topological polar surface area (TPSA) is 78.8 Å². The van der Waals surface area contributed by atoms with E-state index >= 15 is 0 Å². The Bertz CT molecular complexity index is 809. The third-order valence-electron chi connectivity index (χ3n) is 2.81. The van der Waals surface area contributed by atoms with E-state index in [0.29, 0.717) is 0 Å². The maximum atomic E-state index is 13.6. The molecule has 0 radical (unpaired) electrons. The Kier molecular flexibility index (Phi) is 5.02. The van der Waals surface area contributed by atoms with Gasteiger partial charge < -0.3 is 5.11 Å². The average molecular weight is 339 g/mol. The van der Waals surface area contributed by atoms with Crippen molar-refractivity contribution >= 4 is 29.7 Å². The van der Waals surface area contributed by atoms with Crippen LogP contribution in [0.15, 0.2) is 41.5 Å². The summed E-state index contributed by atoms with van der Waals surface area (Å²) in [6.45, 7) is 0. The first kappa shape index (κ1) is 16.6. The van der Waals surface area contributed by atoms with Gasteiger partial charge in [-0.3, -0.25) is 4.79 Å². The van der Waals surface area contributed by atoms with E-state index in [1.165, 1.54) is 30.3 Å². The number of hydrazone groups is 1. The smallest absolute Gasteiger partial charge is 0.335 e. The van der Waals surface area contributed by atoms with Crippen LogP contribution in [-0.4, -0.2) is 23.2 Å². The quantitative estimate of drug-likeness (QED) is 0.664. The maximum Gasteiger partial charge on any atom is 0.335 e. The van der Waals surface area contributed by atoms with Crippen molar-refractivity contribution in [1.29, 1.82) is 0 Å². The highest BCUT2D eigenvalue weighted by Gasteiger charge is 2.13. The zero-order chi connectivity index (χ0) is 17.0. The Balaban J connectivity index is 2.11. The van der Waals surface area contributed by atoms with Gasteiger partial charge in [-0.2, -0.15) is 5.10 Å². The summed E-state index contributed by atoms with van der Waals surface area (Å²) in [5, 5.41) is 12.0. The molecule has 0 heterocycles. The average Bonchev–Trinajstić information content (AvgIpc) is 2.51. The minimum Gasteiger partial charge on any atom is -0.478 e. The summed E-state index contributed by atoms with van der Waals surface area (Å²) in [5.41, 5.74) is 1.46. The molecule has 0 aliphatic heterocycles. The molecule has 2 aromatic carbocycles. The molecule has 2 N–H and O–H groups in total. The predicted molar refractivity (Wildman–Crippen MR) is 79.8 cm³/mol. The van der Waals surface area contributed by atoms with E-state index in [1.54, 1.807) is 0 Å². The third-order valence-corrected chi connectivity index (χ3v) is 3.11. The van der Waals surface area contributed by atoms with E-state index in [9.17, 15) is 18.4 Å². The monoisotopic (exact) mass is 338 g/mol. The molecule has 0 spiro atoms. The summed E-state index contributed by atoms with van der Waals surface area (Å²) in [4.78, 5) is 22.4. The lowest BCUT2D eigenvalue weighted by Crippen LogP contribution is -2.19. The SMILES string of the molecule is O=C(O)c1ccc(C=NNC(=O)c2cccc(Cl)c2F)c(F)c1. The minimum atomic E-state index is -1.27. The third kappa shape index (κ3) is 3.89. The lowest BCUT2D eigenvalue weighted by atomic mass is 10.1. The second kappa shape index (κ2) is 6.97. The standard InChI is InChI=1S/C15H9ClF2N2O3/c16-11-3-1-2-10(13(11)18)14(21)20-19-7-9-5-4-8(15(22)23)6-12(9)17/h1-7H,(H,20,21)(H,22,23). The van der Waals surface area contributed by atoms with Crippen molar-refractivity contribution in [2.45, 2.75) is 0 Å². The summed E-state index contributed by atoms with van der Waals surface area (Å²) in [6.07, 6.45) is 0.974. The van der Waals surface area contributed by atoms with E-state index in [4.69, 9.17) is 16.7 Å². The van der Waals surface area contributed by atoms with Gasteiger partial charge in [0.25, 0.3) is 5.91 Å². The zero-order valence-corrected chi connectivity index (χ0v) is 12.1. The van der Waals surface area contributed by atoms with Crippen LogP contribution in [0, 0.1) is 11.6 Å². The fourth-order valence-corrected chi connectivity index (χ4v) is 1.84. The van der Waals surface area contributed by atoms with Crippen LogP contribution in [0.2, 0.25) is 5.02 Å². The molecule has 0 unspecified atom stereocenters. The van der Waals surface area contributed by atoms with Crippen molar-refractivity contribution in [2.75, 3.05) is 0 Å². The van der Waals surface area contributed by atoms with Gasteiger partial charge in [-0.05, 0) is 30.3 Å². The van der Waals surface area contributed by atoms with Crippen molar-refractivity contribution in [3.05, 3.63) is 69.7 Å². The molecular formula is C15H9ClF2N2O3. The van der Waals surface area contributed by atoms with Gasteiger partial charge in [0.1, 0.15) is 5.82 Å². The molecule has 5 nitrogen and oxygen atoms in total. The van der Waals surface area contributed by atoms with E-state index in [0.717, 1.165) is 12.3 Å². The van der Waals surface area contributed by atoms with Crippen LogP contribution in [-0.2, 0) is 0 Å². The number of rotatable bonds is 4. The minimum absolute atomic E-state index is 0.0399. The number of carbonyl (C=O) groups is 2. The van der Waals surface area contributed by atoms with Crippen LogP contribution in [0.5, 0.6) is 0 Å². The number of halogens is 3. The summed E-state index contributed by atoms with van der Waals surface area (Å²) < 4.78 is 27.3. The van der Waals surface area contributed by atoms with Gasteiger partial charge in [-0.15, -0.1) is 0 Å². The van der Waals surface area contributed by atoms with Crippen molar-refractivity contribution in [3.8, 4) is 0 Å². The van der Waals surface area contributed by atoms with E-state index in [2.05, 4.69) is 5.10 Å². The normalized spacial score (nSPS) is 10.7. The fourth-order valence-electron chi connectivity index (χ4n) is 1.66. The van der Waals surface area contributed by atoms with Crippen molar-refractivity contribution in [1.82, 2.24) is 5.43 Å². The predicted octanol–water partition coefficient (Wildman–Crippen LogP) is 3.08. The van der Waals surface area contributed by atoms with Crippen LogP contribution in [0.3, 0.4) is 0 Å². The Morgan fingerprint density at radius 1 is 1.22 bits per heavy atom. The molecule has 0 aliphatic rings. The van der Waals surface area contributed by atoms with Crippen LogP contribution in [0.1, 0.15) is 26.3 Å². The molecule has 0 aliphatic carbocycles. The molecule has 0 aromatic heterocycles. The highest BCUT2D eigenvalue weighted by Crippen LogP contribution is 2.17. The number of nitrogens with zero attached hydrogens (tertiary/aromatic N) is 1. The molecule has 8 heteroatoms. The van der Waals surface area contributed by atoms with E-state index in [1.807, 2.05) is 5.43 Å². The van der Waals surface area contributed by atoms with Gasteiger partial charge in [0.2, 0.25) is 0 Å². The molecule has 0 fully saturated rings. The van der Waals surface area contributed by atoms with Gasteiger partial charge in [0.05, 0.1) is 22.4 Å². The lowest BCUT2D eigenvalue weighted by molar-refractivity contribution is 0.0696. The molecular weight excluding hydrogens is 330 g/mol. The summed E-state index contributed by atoms with van der Waals surface area (Å²) in [7, 11) is 0. The van der Waals surface area contributed by atoms with Crippen LogP contribution in [0.25, 0.3) is 0 Å². The van der Waals surface area contributed by atoms with Gasteiger partial charge >= 0.3 is 5.97 Å². The Hall–Kier alpha value is -2.80. The number of nitrogens with one attached hydrogen (secondary N) is 1. The summed E-state index contributed by atoms with van der Waals surface area (Å²) >= 11 is 5.56. The molecule has 1 amide bonds. The highest BCUT2D eigenvalue weighted by molar-refractivity contribution is 6.31. The van der Waals surface area contributed by atoms with Gasteiger partial charge in [-0.1, -0.05) is 17.7 Å². The second-order valence-electron chi connectivity index (χ2n) is 4.34. The van der Waals surface area contributed by atoms with Crippen molar-refractivity contribution in [2.24, 2.45) is 5.10 Å². The van der Waals surface area contributed by atoms with Gasteiger partial charge in [-0.25, -0.2) is 19.0 Å². The van der Waals surface area contributed by atoms with Gasteiger partial charge in [0.15, 0.2) is 5.82 Å². The molecule has 0 atom stereocenters.